The van der Waals surface area contributed by atoms with E-state index in [0.717, 1.165) is 49.8 Å². The second kappa shape index (κ2) is 5.15. The maximum Gasteiger partial charge on any atom is 0.129 e. The van der Waals surface area contributed by atoms with E-state index in [9.17, 15) is 14.6 Å². The number of imidazole rings is 1. The Bertz CT molecular complexity index is 806. The Hall–Kier alpha value is -1.72. The molecule has 3 aliphatic carbocycles. The van der Waals surface area contributed by atoms with Crippen molar-refractivity contribution >= 4 is 0 Å². The number of rotatable bonds is 3. The molecule has 1 aliphatic heterocycles. The molecule has 6 rings (SSSR count). The number of fused-ring (bicyclic) bond motifs is 6. The monoisotopic (exact) mass is 342 g/mol. The number of hydrogen-bond acceptors (Lipinski definition) is 3. The maximum absolute atomic E-state index is 14.6. The fourth-order valence-electron chi connectivity index (χ4n) is 5.39. The van der Waals surface area contributed by atoms with Crippen LogP contribution in [-0.2, 0) is 0 Å². The van der Waals surface area contributed by atoms with Gasteiger partial charge in [-0.25, -0.2) is 9.37 Å². The van der Waals surface area contributed by atoms with Crippen LogP contribution in [0.15, 0.2) is 30.7 Å². The highest BCUT2D eigenvalue weighted by molar-refractivity contribution is 5.69. The van der Waals surface area contributed by atoms with Crippen LogP contribution < -0.4 is 0 Å². The second-order valence-electron chi connectivity index (χ2n) is 8.24. The van der Waals surface area contributed by atoms with Crippen molar-refractivity contribution < 1.29 is 14.6 Å². The lowest BCUT2D eigenvalue weighted by Crippen LogP contribution is -2.51. The van der Waals surface area contributed by atoms with Crippen LogP contribution in [0.4, 0.5) is 4.39 Å². The Morgan fingerprint density at radius 3 is 2.64 bits per heavy atom. The third kappa shape index (κ3) is 2.15. The number of benzene rings is 1. The van der Waals surface area contributed by atoms with Gasteiger partial charge in [-0.15, -0.1) is 0 Å². The van der Waals surface area contributed by atoms with Crippen molar-refractivity contribution in [2.24, 2.45) is 5.41 Å². The summed E-state index contributed by atoms with van der Waals surface area (Å²) < 4.78 is 16.6. The molecule has 4 nitrogen and oxygen atoms in total. The average Bonchev–Trinajstić information content (AvgIpc) is 3.19. The summed E-state index contributed by atoms with van der Waals surface area (Å²) in [6, 6.07) is 4.95. The smallest absolute Gasteiger partial charge is 0.129 e. The lowest BCUT2D eigenvalue weighted by atomic mass is 9.56. The molecule has 0 spiro atoms. The SMILES string of the molecule is O[C@H](C[C@@H]1c2c(F)cccc2-c2cncn21)C12CCC(O)(CC1)CC2. The topological polar surface area (TPSA) is 58.3 Å². The van der Waals surface area contributed by atoms with Gasteiger partial charge in [0, 0.05) is 11.1 Å². The van der Waals surface area contributed by atoms with Crippen molar-refractivity contribution in [3.05, 3.63) is 42.1 Å². The van der Waals surface area contributed by atoms with Crippen LogP contribution >= 0.6 is 0 Å². The lowest BCUT2D eigenvalue weighted by Gasteiger charge is -2.53. The maximum atomic E-state index is 14.6. The molecule has 4 aliphatic rings. The Balaban J connectivity index is 1.47. The molecule has 0 amide bonds. The van der Waals surface area contributed by atoms with E-state index < -0.39 is 11.7 Å². The minimum atomic E-state index is -0.509. The second-order valence-corrected chi connectivity index (χ2v) is 8.24. The van der Waals surface area contributed by atoms with Gasteiger partial charge in [-0.3, -0.25) is 0 Å². The number of hydrogen-bond donors (Lipinski definition) is 2. The van der Waals surface area contributed by atoms with E-state index >= 15 is 0 Å². The molecule has 3 fully saturated rings. The third-order valence-electron chi connectivity index (χ3n) is 7.08. The van der Waals surface area contributed by atoms with Gasteiger partial charge in [0.1, 0.15) is 5.82 Å². The molecule has 2 N–H and O–H groups in total. The van der Waals surface area contributed by atoms with E-state index in [-0.39, 0.29) is 17.3 Å². The van der Waals surface area contributed by atoms with Gasteiger partial charge >= 0.3 is 0 Å². The van der Waals surface area contributed by atoms with E-state index in [4.69, 9.17) is 0 Å². The van der Waals surface area contributed by atoms with Gasteiger partial charge < -0.3 is 14.8 Å². The first-order valence-electron chi connectivity index (χ1n) is 9.23. The third-order valence-corrected chi connectivity index (χ3v) is 7.08. The number of halogens is 1. The van der Waals surface area contributed by atoms with Crippen molar-refractivity contribution in [2.75, 3.05) is 0 Å². The van der Waals surface area contributed by atoms with Crippen molar-refractivity contribution in [3.8, 4) is 11.3 Å². The van der Waals surface area contributed by atoms with E-state index in [2.05, 4.69) is 4.98 Å². The highest BCUT2D eigenvalue weighted by Crippen LogP contribution is 2.56. The van der Waals surface area contributed by atoms with Crippen molar-refractivity contribution in [2.45, 2.75) is 62.7 Å². The summed E-state index contributed by atoms with van der Waals surface area (Å²) in [5, 5.41) is 21.6. The van der Waals surface area contributed by atoms with Gasteiger partial charge in [-0.1, -0.05) is 12.1 Å². The molecule has 2 atom stereocenters. The molecular weight excluding hydrogens is 319 g/mol. The Morgan fingerprint density at radius 2 is 1.92 bits per heavy atom. The fraction of sp³-hybridized carbons (Fsp3) is 0.550. The summed E-state index contributed by atoms with van der Waals surface area (Å²) in [5.74, 6) is -0.211. The predicted molar refractivity (Wildman–Crippen MR) is 91.5 cm³/mol. The van der Waals surface area contributed by atoms with Crippen molar-refractivity contribution in [1.29, 1.82) is 0 Å². The van der Waals surface area contributed by atoms with E-state index in [0.29, 0.717) is 12.0 Å². The minimum absolute atomic E-state index is 0.126. The van der Waals surface area contributed by atoms with Gasteiger partial charge in [0.05, 0.1) is 36.0 Å². The highest BCUT2D eigenvalue weighted by atomic mass is 19.1. The van der Waals surface area contributed by atoms with Gasteiger partial charge in [-0.05, 0) is 56.4 Å². The number of aliphatic hydroxyl groups excluding tert-OH is 1. The fourth-order valence-corrected chi connectivity index (χ4v) is 5.39. The molecule has 1 aromatic carbocycles. The van der Waals surface area contributed by atoms with Crippen molar-refractivity contribution in [3.63, 3.8) is 0 Å². The first-order valence-corrected chi connectivity index (χ1v) is 9.23. The number of aromatic nitrogens is 2. The molecule has 0 radical (unpaired) electrons. The van der Waals surface area contributed by atoms with Gasteiger partial charge in [0.25, 0.3) is 0 Å². The minimum Gasteiger partial charge on any atom is -0.392 e. The lowest BCUT2D eigenvalue weighted by molar-refractivity contribution is -0.135. The first-order chi connectivity index (χ1) is 12.0. The summed E-state index contributed by atoms with van der Waals surface area (Å²) in [7, 11) is 0. The highest BCUT2D eigenvalue weighted by Gasteiger charge is 2.51. The molecule has 25 heavy (non-hydrogen) atoms. The van der Waals surface area contributed by atoms with E-state index in [1.165, 1.54) is 6.07 Å². The molecule has 3 saturated carbocycles. The van der Waals surface area contributed by atoms with Crippen LogP contribution in [-0.4, -0.2) is 31.5 Å². The largest absolute Gasteiger partial charge is 0.392 e. The molecule has 2 bridgehead atoms. The van der Waals surface area contributed by atoms with Crippen LogP contribution in [0.1, 0.15) is 56.6 Å². The van der Waals surface area contributed by atoms with Crippen LogP contribution in [0.2, 0.25) is 0 Å². The Labute approximate surface area is 146 Å². The molecule has 0 unspecified atom stereocenters. The summed E-state index contributed by atoms with van der Waals surface area (Å²) in [6.07, 6.45) is 8.41. The van der Waals surface area contributed by atoms with Crippen molar-refractivity contribution in [1.82, 2.24) is 9.55 Å². The normalized spacial score (nSPS) is 34.0. The quantitative estimate of drug-likeness (QED) is 0.898. The molecular formula is C20H23FN2O2. The van der Waals surface area contributed by atoms with Crippen LogP contribution in [0.5, 0.6) is 0 Å². The Morgan fingerprint density at radius 1 is 1.20 bits per heavy atom. The summed E-state index contributed by atoms with van der Waals surface area (Å²) in [4.78, 5) is 4.22. The van der Waals surface area contributed by atoms with Crippen LogP contribution in [0.25, 0.3) is 11.3 Å². The number of nitrogens with zero attached hydrogens (tertiary/aromatic N) is 2. The predicted octanol–water partition coefficient (Wildman–Crippen LogP) is 3.43. The molecule has 1 aromatic heterocycles. The van der Waals surface area contributed by atoms with E-state index in [1.54, 1.807) is 18.6 Å². The average molecular weight is 342 g/mol. The molecule has 132 valence electrons. The standard InChI is InChI=1S/C20H23FN2O2/c21-14-3-1-2-13-16-11-22-12-23(16)15(18(13)14)10-17(24)19-4-7-20(25,8-5-19)9-6-19/h1-3,11-12,15,17,24-25H,4-10H2/t15-,17-,19?,20?/m1/s1. The van der Waals surface area contributed by atoms with Gasteiger partial charge in [0.15, 0.2) is 0 Å². The Kier molecular flexibility index (Phi) is 3.20. The zero-order valence-electron chi connectivity index (χ0n) is 14.2. The molecule has 5 heteroatoms. The molecule has 2 aromatic rings. The van der Waals surface area contributed by atoms with Gasteiger partial charge in [0.2, 0.25) is 0 Å². The van der Waals surface area contributed by atoms with Crippen LogP contribution in [0, 0.1) is 11.2 Å². The summed E-state index contributed by atoms with van der Waals surface area (Å²) in [6.45, 7) is 0. The summed E-state index contributed by atoms with van der Waals surface area (Å²) in [5.41, 5.74) is 1.85. The van der Waals surface area contributed by atoms with Crippen LogP contribution in [0.3, 0.4) is 0 Å². The molecule has 2 heterocycles. The first kappa shape index (κ1) is 15.5. The van der Waals surface area contributed by atoms with Gasteiger partial charge in [-0.2, -0.15) is 0 Å². The molecule has 0 saturated heterocycles. The zero-order chi connectivity index (χ0) is 17.2. The zero-order valence-corrected chi connectivity index (χ0v) is 14.2. The van der Waals surface area contributed by atoms with E-state index in [1.807, 2.05) is 10.6 Å². The summed E-state index contributed by atoms with van der Waals surface area (Å²) >= 11 is 0. The number of aliphatic hydroxyl groups is 2.